The van der Waals surface area contributed by atoms with Crippen molar-refractivity contribution in [1.29, 1.82) is 0 Å². The first-order chi connectivity index (χ1) is 7.06. The summed E-state index contributed by atoms with van der Waals surface area (Å²) < 4.78 is 0. The topological polar surface area (TPSA) is 61.5 Å². The van der Waals surface area contributed by atoms with Crippen molar-refractivity contribution in [3.63, 3.8) is 0 Å². The lowest BCUT2D eigenvalue weighted by Gasteiger charge is -2.05. The molecule has 2 aromatic heterocycles. The number of rotatable bonds is 2. The van der Waals surface area contributed by atoms with E-state index in [1.54, 1.807) is 0 Å². The summed E-state index contributed by atoms with van der Waals surface area (Å²) in [6.07, 6.45) is 0.935. The summed E-state index contributed by atoms with van der Waals surface area (Å²) in [4.78, 5) is 21.0. The lowest BCUT2D eigenvalue weighted by molar-refractivity contribution is 0.636. The van der Waals surface area contributed by atoms with Gasteiger partial charge in [-0.05, 0) is 30.9 Å². The predicted octanol–water partition coefficient (Wildman–Crippen LogP) is 1.76. The van der Waals surface area contributed by atoms with Gasteiger partial charge in [-0.25, -0.2) is 9.78 Å². The van der Waals surface area contributed by atoms with Crippen LogP contribution in [0.25, 0.3) is 11.2 Å². The summed E-state index contributed by atoms with van der Waals surface area (Å²) >= 11 is 0. The number of nitrogens with one attached hydrogen (secondary N) is 2. The zero-order valence-corrected chi connectivity index (χ0v) is 9.22. The quantitative estimate of drug-likeness (QED) is 0.784. The average Bonchev–Trinajstić information content (AvgIpc) is 2.44. The van der Waals surface area contributed by atoms with Gasteiger partial charge in [0.25, 0.3) is 0 Å². The first kappa shape index (κ1) is 9.96. The van der Waals surface area contributed by atoms with E-state index in [9.17, 15) is 4.79 Å². The van der Waals surface area contributed by atoms with E-state index in [-0.39, 0.29) is 5.69 Å². The van der Waals surface area contributed by atoms with E-state index >= 15 is 0 Å². The summed E-state index contributed by atoms with van der Waals surface area (Å²) in [6.45, 7) is 6.29. The second kappa shape index (κ2) is 3.53. The number of imidazole rings is 1. The number of pyridine rings is 1. The zero-order valence-electron chi connectivity index (χ0n) is 9.22. The molecule has 0 spiro atoms. The largest absolute Gasteiger partial charge is 0.325 e. The Morgan fingerprint density at radius 2 is 2.13 bits per heavy atom. The van der Waals surface area contributed by atoms with Gasteiger partial charge in [0.05, 0.1) is 5.52 Å². The molecule has 2 aromatic rings. The minimum Gasteiger partial charge on any atom is -0.304 e. The molecule has 0 fully saturated rings. The molecule has 4 heteroatoms. The molecule has 0 aliphatic heterocycles. The van der Waals surface area contributed by atoms with E-state index in [0.717, 1.165) is 23.2 Å². The average molecular weight is 205 g/mol. The molecule has 2 N–H and O–H groups in total. The first-order valence-electron chi connectivity index (χ1n) is 5.15. The minimum atomic E-state index is -0.192. The lowest BCUT2D eigenvalue weighted by Crippen LogP contribution is -2.00. The standard InChI is InChI=1S/C11H15N3O/c1-6(2)4-8-5-7(3)9-10(12-8)14-11(15)13-9/h5-6H,4H2,1-3H3,(H2,12,13,14,15). The monoisotopic (exact) mass is 205 g/mol. The molecule has 0 atom stereocenters. The second-order valence-electron chi connectivity index (χ2n) is 4.33. The van der Waals surface area contributed by atoms with Gasteiger partial charge in [-0.1, -0.05) is 13.8 Å². The molecule has 2 heterocycles. The zero-order chi connectivity index (χ0) is 11.0. The van der Waals surface area contributed by atoms with Gasteiger partial charge >= 0.3 is 5.69 Å². The number of H-pyrrole nitrogens is 2. The van der Waals surface area contributed by atoms with E-state index in [2.05, 4.69) is 28.8 Å². The smallest absolute Gasteiger partial charge is 0.304 e. The Morgan fingerprint density at radius 3 is 2.80 bits per heavy atom. The molecule has 0 bridgehead atoms. The van der Waals surface area contributed by atoms with Crippen LogP contribution in [-0.2, 0) is 6.42 Å². The molecule has 0 aliphatic rings. The third-order valence-corrected chi connectivity index (χ3v) is 2.36. The van der Waals surface area contributed by atoms with Crippen molar-refractivity contribution in [2.45, 2.75) is 27.2 Å². The van der Waals surface area contributed by atoms with E-state index < -0.39 is 0 Å². The van der Waals surface area contributed by atoms with E-state index in [4.69, 9.17) is 0 Å². The van der Waals surface area contributed by atoms with Gasteiger partial charge in [-0.3, -0.25) is 4.98 Å². The highest BCUT2D eigenvalue weighted by molar-refractivity contribution is 5.74. The Labute approximate surface area is 87.7 Å². The molecule has 0 radical (unpaired) electrons. The van der Waals surface area contributed by atoms with Crippen molar-refractivity contribution in [2.75, 3.05) is 0 Å². The van der Waals surface area contributed by atoms with Crippen LogP contribution in [0.15, 0.2) is 10.9 Å². The fourth-order valence-corrected chi connectivity index (χ4v) is 1.76. The van der Waals surface area contributed by atoms with Crippen LogP contribution in [0.2, 0.25) is 0 Å². The molecule has 80 valence electrons. The van der Waals surface area contributed by atoms with Gasteiger partial charge in [-0.15, -0.1) is 0 Å². The number of hydrogen-bond donors (Lipinski definition) is 2. The molecule has 0 amide bonds. The van der Waals surface area contributed by atoms with Gasteiger partial charge in [-0.2, -0.15) is 0 Å². The number of nitrogens with zero attached hydrogens (tertiary/aromatic N) is 1. The van der Waals surface area contributed by atoms with Crippen molar-refractivity contribution in [3.8, 4) is 0 Å². The van der Waals surface area contributed by atoms with Crippen LogP contribution in [0, 0.1) is 12.8 Å². The number of hydrogen-bond acceptors (Lipinski definition) is 2. The third-order valence-electron chi connectivity index (χ3n) is 2.36. The Bertz CT molecular complexity index is 536. The van der Waals surface area contributed by atoms with Crippen LogP contribution < -0.4 is 5.69 Å². The fourth-order valence-electron chi connectivity index (χ4n) is 1.76. The maximum absolute atomic E-state index is 11.1. The Hall–Kier alpha value is -1.58. The molecule has 2 rings (SSSR count). The van der Waals surface area contributed by atoms with Gasteiger partial charge in [0.2, 0.25) is 0 Å². The summed E-state index contributed by atoms with van der Waals surface area (Å²) in [7, 11) is 0. The van der Waals surface area contributed by atoms with Crippen LogP contribution >= 0.6 is 0 Å². The molecule has 4 nitrogen and oxygen atoms in total. The lowest BCUT2D eigenvalue weighted by atomic mass is 10.1. The van der Waals surface area contributed by atoms with Crippen molar-refractivity contribution in [2.24, 2.45) is 5.92 Å². The highest BCUT2D eigenvalue weighted by Gasteiger charge is 2.06. The van der Waals surface area contributed by atoms with E-state index in [1.165, 1.54) is 0 Å². The molecule has 15 heavy (non-hydrogen) atoms. The molecule has 0 unspecified atom stereocenters. The highest BCUT2D eigenvalue weighted by Crippen LogP contribution is 2.14. The van der Waals surface area contributed by atoms with Crippen LogP contribution in [0.3, 0.4) is 0 Å². The fraction of sp³-hybridized carbons (Fsp3) is 0.455. The van der Waals surface area contributed by atoms with E-state index in [0.29, 0.717) is 11.6 Å². The summed E-state index contributed by atoms with van der Waals surface area (Å²) in [5.74, 6) is 0.569. The number of aryl methyl sites for hydroxylation is 1. The van der Waals surface area contributed by atoms with Crippen LogP contribution in [0.1, 0.15) is 25.1 Å². The van der Waals surface area contributed by atoms with Gasteiger partial charge in [0, 0.05) is 5.69 Å². The normalized spacial score (nSPS) is 11.5. The highest BCUT2D eigenvalue weighted by atomic mass is 16.1. The van der Waals surface area contributed by atoms with Gasteiger partial charge in [0.1, 0.15) is 0 Å². The molecule has 0 saturated carbocycles. The van der Waals surface area contributed by atoms with Crippen molar-refractivity contribution in [3.05, 3.63) is 27.8 Å². The van der Waals surface area contributed by atoms with Gasteiger partial charge in [0.15, 0.2) is 5.65 Å². The Kier molecular flexibility index (Phi) is 2.34. The minimum absolute atomic E-state index is 0.192. The second-order valence-corrected chi connectivity index (χ2v) is 4.33. The van der Waals surface area contributed by atoms with Crippen LogP contribution in [0.4, 0.5) is 0 Å². The SMILES string of the molecule is Cc1cc(CC(C)C)nc2[nH]c(=O)[nH]c12. The van der Waals surface area contributed by atoms with Crippen LogP contribution in [0.5, 0.6) is 0 Å². The summed E-state index contributed by atoms with van der Waals surface area (Å²) in [5, 5.41) is 0. The van der Waals surface area contributed by atoms with Crippen molar-refractivity contribution >= 4 is 11.2 Å². The molecule has 0 saturated heterocycles. The summed E-state index contributed by atoms with van der Waals surface area (Å²) in [6, 6.07) is 2.03. The molecular weight excluding hydrogens is 190 g/mol. The Balaban J connectivity index is 2.56. The van der Waals surface area contributed by atoms with Gasteiger partial charge < -0.3 is 4.98 Å². The predicted molar refractivity (Wildman–Crippen MR) is 60.0 cm³/mol. The molecular formula is C11H15N3O. The number of aromatic amines is 2. The maximum Gasteiger partial charge on any atom is 0.325 e. The first-order valence-corrected chi connectivity index (χ1v) is 5.15. The maximum atomic E-state index is 11.1. The molecule has 0 aliphatic carbocycles. The van der Waals surface area contributed by atoms with Crippen LogP contribution in [-0.4, -0.2) is 15.0 Å². The molecule has 0 aromatic carbocycles. The van der Waals surface area contributed by atoms with Crippen molar-refractivity contribution < 1.29 is 0 Å². The number of aromatic nitrogens is 3. The third kappa shape index (κ3) is 1.93. The number of fused-ring (bicyclic) bond motifs is 1. The summed E-state index contributed by atoms with van der Waals surface area (Å²) in [5.41, 5.74) is 3.38. The Morgan fingerprint density at radius 1 is 1.40 bits per heavy atom. The van der Waals surface area contributed by atoms with Crippen molar-refractivity contribution in [1.82, 2.24) is 15.0 Å². The van der Waals surface area contributed by atoms with E-state index in [1.807, 2.05) is 13.0 Å².